The highest BCUT2D eigenvalue weighted by Gasteiger charge is 2.49. The second kappa shape index (κ2) is 5.61. The summed E-state index contributed by atoms with van der Waals surface area (Å²) in [6.07, 6.45) is -4.18. The van der Waals surface area contributed by atoms with Gasteiger partial charge in [-0.1, -0.05) is 13.8 Å². The Kier molecular flexibility index (Phi) is 4.71. The van der Waals surface area contributed by atoms with Crippen LogP contribution in [-0.2, 0) is 9.59 Å². The van der Waals surface area contributed by atoms with Crippen LogP contribution in [0, 0.1) is 11.3 Å². The number of carbonyl (C=O) groups excluding carboxylic acids is 1. The van der Waals surface area contributed by atoms with Crippen molar-refractivity contribution in [3.63, 3.8) is 0 Å². The number of aliphatic carboxylic acids is 1. The van der Waals surface area contributed by atoms with Crippen LogP contribution in [0.15, 0.2) is 0 Å². The fraction of sp³-hybridized carbons (Fsp3) is 0.846. The van der Waals surface area contributed by atoms with Gasteiger partial charge in [-0.15, -0.1) is 0 Å². The number of piperidine rings is 1. The molecule has 116 valence electrons. The Morgan fingerprint density at radius 1 is 1.30 bits per heavy atom. The van der Waals surface area contributed by atoms with Crippen molar-refractivity contribution >= 4 is 11.9 Å². The smallest absolute Gasteiger partial charge is 0.394 e. The Bertz CT molecular complexity index is 393. The molecular formula is C13H20F3NO3. The number of nitrogens with zero attached hydrogens (tertiary/aromatic N) is 1. The van der Waals surface area contributed by atoms with Crippen molar-refractivity contribution in [2.24, 2.45) is 11.3 Å². The van der Waals surface area contributed by atoms with Crippen LogP contribution < -0.4 is 0 Å². The molecule has 0 bridgehead atoms. The molecule has 0 unspecified atom stereocenters. The molecule has 0 saturated carbocycles. The Morgan fingerprint density at radius 2 is 1.85 bits per heavy atom. The Labute approximate surface area is 115 Å². The Morgan fingerprint density at radius 3 is 2.30 bits per heavy atom. The number of amides is 1. The molecule has 0 spiro atoms. The first-order valence-electron chi connectivity index (χ1n) is 6.56. The molecule has 1 rings (SSSR count). The van der Waals surface area contributed by atoms with Gasteiger partial charge in [-0.2, -0.15) is 13.2 Å². The fourth-order valence-corrected chi connectivity index (χ4v) is 2.41. The summed E-state index contributed by atoms with van der Waals surface area (Å²) < 4.78 is 38.4. The topological polar surface area (TPSA) is 57.6 Å². The molecule has 0 aromatic heterocycles. The predicted octanol–water partition coefficient (Wildman–Crippen LogP) is 2.68. The summed E-state index contributed by atoms with van der Waals surface area (Å²) in [6.45, 7) is 3.86. The molecule has 20 heavy (non-hydrogen) atoms. The van der Waals surface area contributed by atoms with E-state index in [4.69, 9.17) is 5.11 Å². The van der Waals surface area contributed by atoms with Gasteiger partial charge < -0.3 is 10.0 Å². The van der Waals surface area contributed by atoms with Gasteiger partial charge in [0.2, 0.25) is 5.91 Å². The average molecular weight is 295 g/mol. The third kappa shape index (κ3) is 3.43. The molecule has 4 nitrogen and oxygen atoms in total. The normalized spacial score (nSPS) is 24.6. The molecule has 0 radical (unpaired) electrons. The number of hydrogen-bond donors (Lipinski definition) is 1. The molecule has 0 aromatic carbocycles. The van der Waals surface area contributed by atoms with Crippen LogP contribution in [-0.4, -0.2) is 40.6 Å². The van der Waals surface area contributed by atoms with Gasteiger partial charge in [-0.3, -0.25) is 9.59 Å². The summed E-state index contributed by atoms with van der Waals surface area (Å²) >= 11 is 0. The second-order valence-electron chi connectivity index (χ2n) is 5.97. The first-order valence-corrected chi connectivity index (χ1v) is 6.56. The van der Waals surface area contributed by atoms with Crippen LogP contribution in [0.1, 0.15) is 40.0 Å². The van der Waals surface area contributed by atoms with E-state index in [-0.39, 0.29) is 0 Å². The minimum absolute atomic E-state index is 0.317. The lowest BCUT2D eigenvalue weighted by Gasteiger charge is -2.39. The number of hydrogen-bond acceptors (Lipinski definition) is 2. The van der Waals surface area contributed by atoms with Gasteiger partial charge in [-0.05, 0) is 19.8 Å². The van der Waals surface area contributed by atoms with E-state index in [1.807, 2.05) is 0 Å². The molecule has 1 N–H and O–H groups in total. The van der Waals surface area contributed by atoms with Gasteiger partial charge in [0.25, 0.3) is 0 Å². The van der Waals surface area contributed by atoms with E-state index >= 15 is 0 Å². The SMILES string of the molecule is C[C@@H]1[C@H](C(=O)O)CCCN1C(=O)CC(C)(C)C(F)(F)F. The lowest BCUT2D eigenvalue weighted by Crippen LogP contribution is -2.50. The number of alkyl halides is 3. The van der Waals surface area contributed by atoms with Gasteiger partial charge in [0, 0.05) is 19.0 Å². The predicted molar refractivity (Wildman–Crippen MR) is 66.0 cm³/mol. The molecule has 1 saturated heterocycles. The number of carbonyl (C=O) groups is 2. The zero-order valence-electron chi connectivity index (χ0n) is 11.8. The number of carboxylic acid groups (broad SMARTS) is 1. The Hall–Kier alpha value is -1.27. The van der Waals surface area contributed by atoms with Crippen LogP contribution in [0.2, 0.25) is 0 Å². The summed E-state index contributed by atoms with van der Waals surface area (Å²) in [5.74, 6) is -2.35. The van der Waals surface area contributed by atoms with E-state index in [1.54, 1.807) is 6.92 Å². The van der Waals surface area contributed by atoms with Gasteiger partial charge in [0.05, 0.1) is 11.3 Å². The first-order chi connectivity index (χ1) is 8.97. The van der Waals surface area contributed by atoms with Crippen LogP contribution in [0.3, 0.4) is 0 Å². The second-order valence-corrected chi connectivity index (χ2v) is 5.97. The van der Waals surface area contributed by atoms with E-state index in [1.165, 1.54) is 4.90 Å². The highest BCUT2D eigenvalue weighted by molar-refractivity contribution is 5.79. The minimum Gasteiger partial charge on any atom is -0.481 e. The van der Waals surface area contributed by atoms with Crippen LogP contribution >= 0.6 is 0 Å². The largest absolute Gasteiger partial charge is 0.481 e. The molecule has 1 amide bonds. The Balaban J connectivity index is 2.79. The minimum atomic E-state index is -4.46. The molecular weight excluding hydrogens is 275 g/mol. The van der Waals surface area contributed by atoms with Crippen LogP contribution in [0.4, 0.5) is 13.2 Å². The van der Waals surface area contributed by atoms with E-state index in [0.717, 1.165) is 13.8 Å². The van der Waals surface area contributed by atoms with Crippen molar-refractivity contribution in [3.05, 3.63) is 0 Å². The maximum atomic E-state index is 12.8. The van der Waals surface area contributed by atoms with Gasteiger partial charge in [0.15, 0.2) is 0 Å². The van der Waals surface area contributed by atoms with Crippen LogP contribution in [0.25, 0.3) is 0 Å². The molecule has 2 atom stereocenters. The molecule has 1 aliphatic rings. The summed E-state index contributed by atoms with van der Waals surface area (Å²) in [7, 11) is 0. The molecule has 7 heteroatoms. The number of rotatable bonds is 3. The van der Waals surface area contributed by atoms with Crippen molar-refractivity contribution in [2.45, 2.75) is 52.3 Å². The van der Waals surface area contributed by atoms with Crippen molar-refractivity contribution < 1.29 is 27.9 Å². The molecule has 0 aliphatic carbocycles. The number of likely N-dealkylation sites (tertiary alicyclic amines) is 1. The van der Waals surface area contributed by atoms with Crippen molar-refractivity contribution in [2.75, 3.05) is 6.54 Å². The van der Waals surface area contributed by atoms with Crippen molar-refractivity contribution in [1.29, 1.82) is 0 Å². The molecule has 1 heterocycles. The quantitative estimate of drug-likeness (QED) is 0.871. The van der Waals surface area contributed by atoms with Crippen molar-refractivity contribution in [1.82, 2.24) is 4.90 Å². The average Bonchev–Trinajstić information content (AvgIpc) is 2.26. The van der Waals surface area contributed by atoms with E-state index in [0.29, 0.717) is 19.4 Å². The van der Waals surface area contributed by atoms with E-state index in [2.05, 4.69) is 0 Å². The first kappa shape index (κ1) is 16.8. The third-order valence-electron chi connectivity index (χ3n) is 3.99. The summed E-state index contributed by atoms with van der Waals surface area (Å²) in [4.78, 5) is 24.4. The molecule has 1 fully saturated rings. The lowest BCUT2D eigenvalue weighted by atomic mass is 9.85. The highest BCUT2D eigenvalue weighted by atomic mass is 19.4. The third-order valence-corrected chi connectivity index (χ3v) is 3.99. The maximum Gasteiger partial charge on any atom is 0.394 e. The molecule has 0 aromatic rings. The number of halogens is 3. The number of carboxylic acids is 1. The lowest BCUT2D eigenvalue weighted by molar-refractivity contribution is -0.215. The summed E-state index contributed by atoms with van der Waals surface area (Å²) in [5, 5.41) is 9.05. The van der Waals surface area contributed by atoms with Crippen LogP contribution in [0.5, 0.6) is 0 Å². The van der Waals surface area contributed by atoms with E-state index < -0.39 is 41.8 Å². The zero-order chi connectivity index (χ0) is 15.7. The molecule has 1 aliphatic heterocycles. The highest BCUT2D eigenvalue weighted by Crippen LogP contribution is 2.41. The zero-order valence-corrected chi connectivity index (χ0v) is 11.8. The van der Waals surface area contributed by atoms with E-state index in [9.17, 15) is 22.8 Å². The summed E-state index contributed by atoms with van der Waals surface area (Å²) in [6, 6.07) is -0.571. The maximum absolute atomic E-state index is 12.8. The van der Waals surface area contributed by atoms with Gasteiger partial charge in [0.1, 0.15) is 0 Å². The van der Waals surface area contributed by atoms with Gasteiger partial charge >= 0.3 is 12.1 Å². The van der Waals surface area contributed by atoms with Crippen molar-refractivity contribution in [3.8, 4) is 0 Å². The fourth-order valence-electron chi connectivity index (χ4n) is 2.41. The monoisotopic (exact) mass is 295 g/mol. The van der Waals surface area contributed by atoms with Gasteiger partial charge in [-0.25, -0.2) is 0 Å². The summed E-state index contributed by atoms with van der Waals surface area (Å²) in [5.41, 5.74) is -2.11. The standard InChI is InChI=1S/C13H20F3NO3/c1-8-9(11(19)20)5-4-6-17(8)10(18)7-12(2,3)13(14,15)16/h8-9H,4-7H2,1-3H3,(H,19,20)/t8-,9-/m1/s1.